The van der Waals surface area contributed by atoms with Gasteiger partial charge in [0.2, 0.25) is 5.91 Å². The molecule has 1 aliphatic heterocycles. The Hall–Kier alpha value is -2.77. The van der Waals surface area contributed by atoms with Crippen LogP contribution >= 0.6 is 0 Å². The molecule has 39 heavy (non-hydrogen) atoms. The third kappa shape index (κ3) is 7.67. The van der Waals surface area contributed by atoms with E-state index in [4.69, 9.17) is 0 Å². The van der Waals surface area contributed by atoms with Crippen LogP contribution in [0, 0.1) is 24.6 Å². The highest BCUT2D eigenvalue weighted by Crippen LogP contribution is 2.39. The Kier molecular flexibility index (Phi) is 9.44. The highest BCUT2D eigenvalue weighted by Gasteiger charge is 2.41. The van der Waals surface area contributed by atoms with Crippen LogP contribution in [0.3, 0.4) is 0 Å². The molecule has 1 heterocycles. The summed E-state index contributed by atoms with van der Waals surface area (Å²) >= 11 is 0. The number of hydrogen-bond donors (Lipinski definition) is 3. The van der Waals surface area contributed by atoms with E-state index in [1.807, 2.05) is 51.1 Å². The van der Waals surface area contributed by atoms with Crippen LogP contribution < -0.4 is 10.6 Å². The van der Waals surface area contributed by atoms with Crippen LogP contribution in [0.1, 0.15) is 74.4 Å². The highest BCUT2D eigenvalue weighted by atomic mass is 19.1. The molecule has 2 aliphatic rings. The first kappa shape index (κ1) is 29.2. The minimum absolute atomic E-state index is 0.00208. The highest BCUT2D eigenvalue weighted by molar-refractivity contribution is 5.95. The van der Waals surface area contributed by atoms with Gasteiger partial charge in [0.15, 0.2) is 0 Å². The molecular formula is C32H44FN3O3. The molecule has 2 aromatic rings. The molecule has 2 aromatic carbocycles. The van der Waals surface area contributed by atoms with Crippen molar-refractivity contribution in [3.8, 4) is 0 Å². The second-order valence-electron chi connectivity index (χ2n) is 12.5. The predicted octanol–water partition coefficient (Wildman–Crippen LogP) is 4.63. The minimum Gasteiger partial charge on any atom is -0.390 e. The van der Waals surface area contributed by atoms with Crippen LogP contribution in [0.25, 0.3) is 0 Å². The van der Waals surface area contributed by atoms with Crippen molar-refractivity contribution in [1.82, 2.24) is 15.5 Å². The zero-order chi connectivity index (χ0) is 28.2. The van der Waals surface area contributed by atoms with Crippen LogP contribution in [0.15, 0.2) is 48.5 Å². The number of carbonyl (C=O) groups is 2. The van der Waals surface area contributed by atoms with Crippen LogP contribution in [0.5, 0.6) is 0 Å². The Bertz CT molecular complexity index is 1130. The van der Waals surface area contributed by atoms with E-state index < -0.39 is 23.9 Å². The number of nitrogens with one attached hydrogen (secondary N) is 2. The molecule has 2 amide bonds. The van der Waals surface area contributed by atoms with Crippen LogP contribution in [0.2, 0.25) is 0 Å². The summed E-state index contributed by atoms with van der Waals surface area (Å²) < 4.78 is 14.2. The maximum absolute atomic E-state index is 14.2. The normalized spacial score (nSPS) is 23.4. The number of carbonyl (C=O) groups excluding carboxylic acids is 2. The average molecular weight is 538 g/mol. The third-order valence-electron chi connectivity index (χ3n) is 8.32. The van der Waals surface area contributed by atoms with E-state index in [1.165, 1.54) is 25.0 Å². The lowest BCUT2D eigenvalue weighted by Gasteiger charge is -2.47. The molecule has 0 aromatic heterocycles. The van der Waals surface area contributed by atoms with E-state index in [1.54, 1.807) is 13.0 Å². The third-order valence-corrected chi connectivity index (χ3v) is 8.32. The number of aliphatic hydroxyl groups is 1. The van der Waals surface area contributed by atoms with Crippen molar-refractivity contribution in [3.05, 3.63) is 71.0 Å². The Labute approximate surface area is 232 Å². The molecule has 0 bridgehead atoms. The number of β-amino-alcohol motifs (C(OH)–C–C–N with tert-alkyl or cyclic N) is 1. The van der Waals surface area contributed by atoms with E-state index in [-0.39, 0.29) is 35.2 Å². The zero-order valence-electron chi connectivity index (χ0n) is 23.8. The summed E-state index contributed by atoms with van der Waals surface area (Å²) in [6.07, 6.45) is 5.00. The smallest absolute Gasteiger partial charge is 0.251 e. The fraction of sp³-hybridized carbons (Fsp3) is 0.562. The topological polar surface area (TPSA) is 81.7 Å². The summed E-state index contributed by atoms with van der Waals surface area (Å²) in [5.41, 5.74) is 1.16. The number of halogens is 1. The second kappa shape index (κ2) is 12.6. The number of aliphatic hydroxyl groups excluding tert-OH is 1. The second-order valence-corrected chi connectivity index (χ2v) is 12.5. The van der Waals surface area contributed by atoms with Crippen molar-refractivity contribution in [1.29, 1.82) is 0 Å². The van der Waals surface area contributed by atoms with Crippen molar-refractivity contribution >= 4 is 11.8 Å². The van der Waals surface area contributed by atoms with E-state index in [2.05, 4.69) is 15.5 Å². The number of amides is 2. The van der Waals surface area contributed by atoms with Crippen LogP contribution in [0.4, 0.5) is 4.39 Å². The van der Waals surface area contributed by atoms with Gasteiger partial charge in [-0.15, -0.1) is 0 Å². The fourth-order valence-electron chi connectivity index (χ4n) is 6.25. The molecular weight excluding hydrogens is 493 g/mol. The predicted molar refractivity (Wildman–Crippen MR) is 152 cm³/mol. The van der Waals surface area contributed by atoms with Gasteiger partial charge in [-0.3, -0.25) is 14.5 Å². The molecule has 3 N–H and O–H groups in total. The number of hydrogen-bond acceptors (Lipinski definition) is 4. The zero-order valence-corrected chi connectivity index (χ0v) is 23.8. The maximum atomic E-state index is 14.2. The summed E-state index contributed by atoms with van der Waals surface area (Å²) in [4.78, 5) is 28.8. The maximum Gasteiger partial charge on any atom is 0.251 e. The Morgan fingerprint density at radius 3 is 2.44 bits per heavy atom. The Morgan fingerprint density at radius 2 is 1.74 bits per heavy atom. The summed E-state index contributed by atoms with van der Waals surface area (Å²) in [7, 11) is 0. The number of rotatable bonds is 8. The lowest BCUT2D eigenvalue weighted by Crippen LogP contribution is -2.60. The van der Waals surface area contributed by atoms with E-state index in [9.17, 15) is 19.1 Å². The van der Waals surface area contributed by atoms with Crippen molar-refractivity contribution in [2.24, 2.45) is 11.8 Å². The average Bonchev–Trinajstić information content (AvgIpc) is 2.89. The molecule has 1 aliphatic carbocycles. The SMILES string of the molecule is Cc1c(F)cccc1C(=O)N[C@@H](Cc1ccccc1)[C@H](O)CN1C[C@H]2CCCC[C@H]2C[C@H]1C(=O)NC(C)(C)C. The summed E-state index contributed by atoms with van der Waals surface area (Å²) in [6.45, 7) is 8.56. The van der Waals surface area contributed by atoms with E-state index in [0.717, 1.165) is 31.4 Å². The van der Waals surface area contributed by atoms with Crippen LogP contribution in [-0.2, 0) is 11.2 Å². The van der Waals surface area contributed by atoms with Gasteiger partial charge < -0.3 is 15.7 Å². The van der Waals surface area contributed by atoms with Crippen LogP contribution in [-0.4, -0.2) is 58.6 Å². The van der Waals surface area contributed by atoms with Gasteiger partial charge in [0.25, 0.3) is 5.91 Å². The van der Waals surface area contributed by atoms with Crippen molar-refractivity contribution < 1.29 is 19.1 Å². The van der Waals surface area contributed by atoms with Crippen molar-refractivity contribution in [2.45, 2.75) is 89.9 Å². The van der Waals surface area contributed by atoms with Gasteiger partial charge in [-0.05, 0) is 82.1 Å². The van der Waals surface area contributed by atoms with Gasteiger partial charge in [0, 0.05) is 24.2 Å². The molecule has 5 atom stereocenters. The number of fused-ring (bicyclic) bond motifs is 1. The molecule has 212 valence electrons. The largest absolute Gasteiger partial charge is 0.390 e. The molecule has 0 radical (unpaired) electrons. The van der Waals surface area contributed by atoms with Gasteiger partial charge in [-0.2, -0.15) is 0 Å². The molecule has 1 saturated heterocycles. The summed E-state index contributed by atoms with van der Waals surface area (Å²) in [6, 6.07) is 13.2. The monoisotopic (exact) mass is 537 g/mol. The quantitative estimate of drug-likeness (QED) is 0.459. The Balaban J connectivity index is 1.56. The number of benzene rings is 2. The van der Waals surface area contributed by atoms with Crippen molar-refractivity contribution in [2.75, 3.05) is 13.1 Å². The van der Waals surface area contributed by atoms with Gasteiger partial charge in [0.05, 0.1) is 18.2 Å². The lowest BCUT2D eigenvalue weighted by atomic mass is 9.72. The molecule has 6 nitrogen and oxygen atoms in total. The van der Waals surface area contributed by atoms with Gasteiger partial charge in [-0.1, -0.05) is 55.7 Å². The molecule has 0 spiro atoms. The molecule has 1 saturated carbocycles. The molecule has 2 fully saturated rings. The Morgan fingerprint density at radius 1 is 1.05 bits per heavy atom. The first-order valence-electron chi connectivity index (χ1n) is 14.4. The molecule has 0 unspecified atom stereocenters. The van der Waals surface area contributed by atoms with Gasteiger partial charge >= 0.3 is 0 Å². The lowest BCUT2D eigenvalue weighted by molar-refractivity contribution is -0.132. The van der Waals surface area contributed by atoms with Gasteiger partial charge in [0.1, 0.15) is 5.82 Å². The first-order valence-corrected chi connectivity index (χ1v) is 14.4. The number of piperidine rings is 1. The molecule has 4 rings (SSSR count). The standard InChI is InChI=1S/C32H44FN3O3/c1-21-25(15-10-16-26(21)33)30(38)34-27(17-22-11-6-5-7-12-22)29(37)20-36-19-24-14-9-8-13-23(24)18-28(36)31(39)35-32(2,3)4/h5-7,10-12,15-16,23-24,27-29,37H,8-9,13-14,17-20H2,1-4H3,(H,34,38)(H,35,39)/t23-,24+,27-,28-,29+/m0/s1. The number of likely N-dealkylation sites (tertiary alicyclic amines) is 1. The first-order chi connectivity index (χ1) is 18.5. The summed E-state index contributed by atoms with van der Waals surface area (Å²) in [5, 5.41) is 17.8. The van der Waals surface area contributed by atoms with E-state index in [0.29, 0.717) is 18.3 Å². The van der Waals surface area contributed by atoms with Gasteiger partial charge in [-0.25, -0.2) is 4.39 Å². The molecule has 7 heteroatoms. The van der Waals surface area contributed by atoms with E-state index >= 15 is 0 Å². The fourth-order valence-corrected chi connectivity index (χ4v) is 6.25. The minimum atomic E-state index is -0.923. The summed E-state index contributed by atoms with van der Waals surface area (Å²) in [5.74, 6) is 0.184. The van der Waals surface area contributed by atoms with Crippen molar-refractivity contribution in [3.63, 3.8) is 0 Å². The number of nitrogens with zero attached hydrogens (tertiary/aromatic N) is 1.